The van der Waals surface area contributed by atoms with Gasteiger partial charge in [-0.3, -0.25) is 15.2 Å². The third-order valence-electron chi connectivity index (χ3n) is 2.52. The zero-order valence-electron chi connectivity index (χ0n) is 11.8. The standard InChI is InChI=1S/C12H16N6O2/c1-6(2)9-15-10(18-17-9)11(19)16-12-13-7(3)5-8(14-12)20-4/h5-6H,1-4H3,(H,15,17,18)(H,13,14,16,19). The van der Waals surface area contributed by atoms with Crippen molar-refractivity contribution in [1.29, 1.82) is 0 Å². The molecule has 8 heteroatoms. The zero-order chi connectivity index (χ0) is 14.7. The summed E-state index contributed by atoms with van der Waals surface area (Å²) in [5.41, 5.74) is 0.685. The van der Waals surface area contributed by atoms with E-state index in [0.717, 1.165) is 0 Å². The van der Waals surface area contributed by atoms with E-state index in [2.05, 4.69) is 30.5 Å². The molecule has 0 aliphatic rings. The number of hydrogen-bond donors (Lipinski definition) is 2. The summed E-state index contributed by atoms with van der Waals surface area (Å²) in [6.45, 7) is 5.69. The first-order chi connectivity index (χ1) is 9.49. The van der Waals surface area contributed by atoms with Gasteiger partial charge in [-0.15, -0.1) is 5.10 Å². The Labute approximate surface area is 116 Å². The summed E-state index contributed by atoms with van der Waals surface area (Å²) < 4.78 is 5.02. The monoisotopic (exact) mass is 276 g/mol. The van der Waals surface area contributed by atoms with E-state index < -0.39 is 5.91 Å². The van der Waals surface area contributed by atoms with Gasteiger partial charge < -0.3 is 4.74 Å². The molecular formula is C12H16N6O2. The predicted molar refractivity (Wildman–Crippen MR) is 71.7 cm³/mol. The quantitative estimate of drug-likeness (QED) is 0.871. The molecule has 0 saturated carbocycles. The van der Waals surface area contributed by atoms with Crippen molar-refractivity contribution in [3.8, 4) is 5.88 Å². The molecule has 0 saturated heterocycles. The summed E-state index contributed by atoms with van der Waals surface area (Å²) in [5.74, 6) is 0.934. The molecule has 106 valence electrons. The third-order valence-corrected chi connectivity index (χ3v) is 2.52. The second-order valence-electron chi connectivity index (χ2n) is 4.53. The van der Waals surface area contributed by atoms with Gasteiger partial charge in [0, 0.05) is 17.7 Å². The van der Waals surface area contributed by atoms with Gasteiger partial charge in [-0.05, 0) is 6.92 Å². The first-order valence-corrected chi connectivity index (χ1v) is 6.13. The highest BCUT2D eigenvalue weighted by atomic mass is 16.5. The Morgan fingerprint density at radius 3 is 2.70 bits per heavy atom. The van der Waals surface area contributed by atoms with Crippen LogP contribution in [-0.2, 0) is 0 Å². The highest BCUT2D eigenvalue weighted by Crippen LogP contribution is 2.12. The number of carbonyl (C=O) groups excluding carboxylic acids is 1. The number of aromatic amines is 1. The number of ether oxygens (including phenoxy) is 1. The molecule has 0 aromatic carbocycles. The van der Waals surface area contributed by atoms with E-state index in [1.807, 2.05) is 13.8 Å². The summed E-state index contributed by atoms with van der Waals surface area (Å²) in [6.07, 6.45) is 0. The molecule has 2 aromatic rings. The number of nitrogens with one attached hydrogen (secondary N) is 2. The van der Waals surface area contributed by atoms with Gasteiger partial charge in [0.2, 0.25) is 17.7 Å². The molecule has 0 bridgehead atoms. The van der Waals surface area contributed by atoms with Crippen molar-refractivity contribution in [2.45, 2.75) is 26.7 Å². The lowest BCUT2D eigenvalue weighted by Gasteiger charge is -2.04. The number of aryl methyl sites for hydroxylation is 1. The summed E-state index contributed by atoms with van der Waals surface area (Å²) >= 11 is 0. The number of methoxy groups -OCH3 is 1. The van der Waals surface area contributed by atoms with Gasteiger partial charge in [0.05, 0.1) is 7.11 Å². The van der Waals surface area contributed by atoms with E-state index in [9.17, 15) is 4.79 Å². The summed E-state index contributed by atoms with van der Waals surface area (Å²) in [4.78, 5) is 24.2. The van der Waals surface area contributed by atoms with Crippen LogP contribution < -0.4 is 10.1 Å². The molecule has 2 rings (SSSR count). The molecule has 20 heavy (non-hydrogen) atoms. The Balaban J connectivity index is 2.16. The first kappa shape index (κ1) is 13.9. The molecule has 0 unspecified atom stereocenters. The van der Waals surface area contributed by atoms with E-state index in [1.165, 1.54) is 7.11 Å². The van der Waals surface area contributed by atoms with Gasteiger partial charge >= 0.3 is 0 Å². The summed E-state index contributed by atoms with van der Waals surface area (Å²) in [6, 6.07) is 1.67. The lowest BCUT2D eigenvalue weighted by molar-refractivity contribution is 0.101. The van der Waals surface area contributed by atoms with Crippen LogP contribution >= 0.6 is 0 Å². The van der Waals surface area contributed by atoms with Gasteiger partial charge in [0.25, 0.3) is 5.91 Å². The molecule has 0 radical (unpaired) electrons. The van der Waals surface area contributed by atoms with E-state index >= 15 is 0 Å². The lowest BCUT2D eigenvalue weighted by atomic mass is 10.2. The average Bonchev–Trinajstić information content (AvgIpc) is 2.87. The molecule has 2 heterocycles. The Morgan fingerprint density at radius 2 is 2.10 bits per heavy atom. The molecule has 0 aliphatic carbocycles. The first-order valence-electron chi connectivity index (χ1n) is 6.13. The lowest BCUT2D eigenvalue weighted by Crippen LogP contribution is -2.16. The number of nitrogens with zero attached hydrogens (tertiary/aromatic N) is 4. The number of carbonyl (C=O) groups is 1. The topological polar surface area (TPSA) is 106 Å². The smallest absolute Gasteiger partial charge is 0.297 e. The van der Waals surface area contributed by atoms with Crippen molar-refractivity contribution in [1.82, 2.24) is 25.1 Å². The van der Waals surface area contributed by atoms with Crippen LogP contribution in [0.3, 0.4) is 0 Å². The number of H-pyrrole nitrogens is 1. The fourth-order valence-electron chi connectivity index (χ4n) is 1.49. The van der Waals surface area contributed by atoms with Crippen molar-refractivity contribution in [2.24, 2.45) is 0 Å². The number of anilines is 1. The van der Waals surface area contributed by atoms with Gasteiger partial charge in [0.15, 0.2) is 0 Å². The zero-order valence-corrected chi connectivity index (χ0v) is 11.8. The van der Waals surface area contributed by atoms with Gasteiger partial charge in [-0.1, -0.05) is 13.8 Å². The van der Waals surface area contributed by atoms with Crippen molar-refractivity contribution in [3.63, 3.8) is 0 Å². The highest BCUT2D eigenvalue weighted by Gasteiger charge is 2.15. The minimum atomic E-state index is -0.471. The predicted octanol–water partition coefficient (Wildman–Crippen LogP) is 1.29. The molecule has 0 aliphatic heterocycles. The molecule has 2 aromatic heterocycles. The fraction of sp³-hybridized carbons (Fsp3) is 0.417. The highest BCUT2D eigenvalue weighted by molar-refractivity contribution is 6.00. The Kier molecular flexibility index (Phi) is 3.92. The van der Waals surface area contributed by atoms with Gasteiger partial charge in [-0.25, -0.2) is 9.97 Å². The van der Waals surface area contributed by atoms with Crippen molar-refractivity contribution in [3.05, 3.63) is 23.4 Å². The van der Waals surface area contributed by atoms with Gasteiger partial charge in [0.1, 0.15) is 5.82 Å². The van der Waals surface area contributed by atoms with Crippen LogP contribution in [0.5, 0.6) is 5.88 Å². The Morgan fingerprint density at radius 1 is 1.35 bits per heavy atom. The van der Waals surface area contributed by atoms with Crippen molar-refractivity contribution < 1.29 is 9.53 Å². The van der Waals surface area contributed by atoms with Crippen LogP contribution in [0.4, 0.5) is 5.95 Å². The van der Waals surface area contributed by atoms with Crippen LogP contribution in [0.15, 0.2) is 6.07 Å². The maximum atomic E-state index is 12.0. The SMILES string of the molecule is COc1cc(C)nc(NC(=O)c2n[nH]c(C(C)C)n2)n1. The molecule has 8 nitrogen and oxygen atoms in total. The van der Waals surface area contributed by atoms with Crippen molar-refractivity contribution in [2.75, 3.05) is 12.4 Å². The summed E-state index contributed by atoms with van der Waals surface area (Å²) in [7, 11) is 1.50. The fourth-order valence-corrected chi connectivity index (χ4v) is 1.49. The summed E-state index contributed by atoms with van der Waals surface area (Å²) in [5, 5.41) is 9.12. The van der Waals surface area contributed by atoms with E-state index in [-0.39, 0.29) is 17.7 Å². The molecule has 0 fully saturated rings. The van der Waals surface area contributed by atoms with Crippen LogP contribution in [0.25, 0.3) is 0 Å². The van der Waals surface area contributed by atoms with E-state index in [0.29, 0.717) is 17.4 Å². The van der Waals surface area contributed by atoms with E-state index in [1.54, 1.807) is 13.0 Å². The van der Waals surface area contributed by atoms with Crippen LogP contribution in [0, 0.1) is 6.92 Å². The van der Waals surface area contributed by atoms with E-state index in [4.69, 9.17) is 4.74 Å². The number of rotatable bonds is 4. The normalized spacial score (nSPS) is 10.7. The Hall–Kier alpha value is -2.51. The van der Waals surface area contributed by atoms with Crippen molar-refractivity contribution >= 4 is 11.9 Å². The van der Waals surface area contributed by atoms with Crippen LogP contribution in [0.2, 0.25) is 0 Å². The second kappa shape index (κ2) is 5.64. The molecule has 2 N–H and O–H groups in total. The number of amides is 1. The van der Waals surface area contributed by atoms with Gasteiger partial charge in [-0.2, -0.15) is 4.98 Å². The Bertz CT molecular complexity index is 622. The minimum Gasteiger partial charge on any atom is -0.481 e. The second-order valence-corrected chi connectivity index (χ2v) is 4.53. The largest absolute Gasteiger partial charge is 0.481 e. The molecule has 0 spiro atoms. The molecular weight excluding hydrogens is 260 g/mol. The molecule has 1 amide bonds. The van der Waals surface area contributed by atoms with Crippen LogP contribution in [0.1, 0.15) is 41.9 Å². The number of aromatic nitrogens is 5. The average molecular weight is 276 g/mol. The maximum absolute atomic E-state index is 12.0. The third kappa shape index (κ3) is 3.08. The van der Waals surface area contributed by atoms with Crippen LogP contribution in [-0.4, -0.2) is 38.2 Å². The number of hydrogen-bond acceptors (Lipinski definition) is 6. The maximum Gasteiger partial charge on any atom is 0.297 e. The molecule has 0 atom stereocenters. The minimum absolute atomic E-state index is 0.0535.